The van der Waals surface area contributed by atoms with Crippen LogP contribution in [0.15, 0.2) is 24.4 Å². The summed E-state index contributed by atoms with van der Waals surface area (Å²) in [5, 5.41) is 5.61. The first-order chi connectivity index (χ1) is 12.0. The third-order valence-electron chi connectivity index (χ3n) is 4.93. The van der Waals surface area contributed by atoms with Gasteiger partial charge in [-0.2, -0.15) is 5.10 Å². The molecule has 0 N–H and O–H groups in total. The smallest absolute Gasteiger partial charge is 0.182 e. The van der Waals surface area contributed by atoms with Crippen molar-refractivity contribution in [2.24, 2.45) is 7.05 Å². The van der Waals surface area contributed by atoms with Crippen molar-refractivity contribution in [1.29, 1.82) is 0 Å². The molecule has 3 aromatic heterocycles. The zero-order valence-corrected chi connectivity index (χ0v) is 15.1. The Bertz CT molecular complexity index is 901. The highest BCUT2D eigenvalue weighted by Crippen LogP contribution is 2.31. The molecule has 25 heavy (non-hydrogen) atoms. The largest absolute Gasteiger partial charge is 0.354 e. The van der Waals surface area contributed by atoms with Gasteiger partial charge in [0.15, 0.2) is 11.5 Å². The molecule has 3 aromatic rings. The van der Waals surface area contributed by atoms with Crippen molar-refractivity contribution in [3.05, 3.63) is 30.1 Å². The Morgan fingerprint density at radius 2 is 2.04 bits per heavy atom. The molecule has 0 radical (unpaired) electrons. The minimum Gasteiger partial charge on any atom is -0.354 e. The van der Waals surface area contributed by atoms with E-state index in [1.54, 1.807) is 6.20 Å². The number of hydrogen-bond donors (Lipinski definition) is 0. The van der Waals surface area contributed by atoms with Crippen LogP contribution in [0.5, 0.6) is 0 Å². The van der Waals surface area contributed by atoms with E-state index in [1.165, 1.54) is 0 Å². The molecule has 0 aromatic carbocycles. The number of hydrogen-bond acceptors (Lipinski definition) is 6. The topological polar surface area (TPSA) is 63.0 Å². The van der Waals surface area contributed by atoms with Gasteiger partial charge in [-0.25, -0.2) is 9.97 Å². The van der Waals surface area contributed by atoms with E-state index in [0.717, 1.165) is 47.7 Å². The summed E-state index contributed by atoms with van der Waals surface area (Å²) < 4.78 is 1.84. The van der Waals surface area contributed by atoms with Crippen LogP contribution >= 0.6 is 0 Å². The van der Waals surface area contributed by atoms with Gasteiger partial charge in [0.25, 0.3) is 0 Å². The van der Waals surface area contributed by atoms with E-state index >= 15 is 0 Å². The maximum atomic E-state index is 4.90. The Balaban J connectivity index is 1.87. The van der Waals surface area contributed by atoms with Gasteiger partial charge in [-0.05, 0) is 39.6 Å². The van der Waals surface area contributed by atoms with E-state index in [0.29, 0.717) is 11.9 Å². The zero-order chi connectivity index (χ0) is 17.6. The fourth-order valence-electron chi connectivity index (χ4n) is 3.51. The molecule has 1 unspecified atom stereocenters. The molecule has 0 aliphatic carbocycles. The molecule has 7 nitrogen and oxygen atoms in total. The molecule has 1 fully saturated rings. The first-order valence-electron chi connectivity index (χ1n) is 8.58. The fourth-order valence-corrected chi connectivity index (χ4v) is 3.51. The van der Waals surface area contributed by atoms with Crippen LogP contribution in [0.25, 0.3) is 22.6 Å². The number of fused-ring (bicyclic) bond motifs is 1. The maximum Gasteiger partial charge on any atom is 0.182 e. The number of aryl methyl sites for hydroxylation is 2. The molecular weight excluding hydrogens is 314 g/mol. The number of pyridine rings is 1. The molecule has 1 aliphatic rings. The van der Waals surface area contributed by atoms with Crippen LogP contribution in [0.3, 0.4) is 0 Å². The van der Waals surface area contributed by atoms with Crippen LogP contribution in [-0.2, 0) is 7.05 Å². The lowest BCUT2D eigenvalue weighted by atomic mass is 10.2. The summed E-state index contributed by atoms with van der Waals surface area (Å²) in [6, 6.07) is 6.35. The molecule has 4 heterocycles. The van der Waals surface area contributed by atoms with Gasteiger partial charge in [0.1, 0.15) is 11.5 Å². The molecule has 0 bridgehead atoms. The number of likely N-dealkylation sites (N-methyl/N-ethyl adjacent to an activating group) is 1. The van der Waals surface area contributed by atoms with Crippen LogP contribution in [0.1, 0.15) is 12.1 Å². The van der Waals surface area contributed by atoms with Crippen LogP contribution in [0.2, 0.25) is 0 Å². The Morgan fingerprint density at radius 1 is 1.20 bits per heavy atom. The number of rotatable bonds is 3. The predicted molar refractivity (Wildman–Crippen MR) is 98.6 cm³/mol. The lowest BCUT2D eigenvalue weighted by Gasteiger charge is -2.22. The van der Waals surface area contributed by atoms with Crippen molar-refractivity contribution in [2.75, 3.05) is 32.1 Å². The summed E-state index contributed by atoms with van der Waals surface area (Å²) in [5.41, 5.74) is 2.61. The minimum absolute atomic E-state index is 0.542. The molecule has 7 heteroatoms. The summed E-state index contributed by atoms with van der Waals surface area (Å²) in [7, 11) is 6.21. The van der Waals surface area contributed by atoms with E-state index < -0.39 is 0 Å². The van der Waals surface area contributed by atoms with Crippen LogP contribution in [-0.4, -0.2) is 62.9 Å². The van der Waals surface area contributed by atoms with E-state index in [9.17, 15) is 0 Å². The van der Waals surface area contributed by atoms with Crippen molar-refractivity contribution < 1.29 is 0 Å². The lowest BCUT2D eigenvalue weighted by Crippen LogP contribution is -2.31. The summed E-state index contributed by atoms with van der Waals surface area (Å²) >= 11 is 0. The van der Waals surface area contributed by atoms with Crippen LogP contribution in [0.4, 0.5) is 5.82 Å². The minimum atomic E-state index is 0.542. The first-order valence-corrected chi connectivity index (χ1v) is 8.58. The zero-order valence-electron chi connectivity index (χ0n) is 15.1. The lowest BCUT2D eigenvalue weighted by molar-refractivity contribution is 0.315. The van der Waals surface area contributed by atoms with Gasteiger partial charge < -0.3 is 9.80 Å². The van der Waals surface area contributed by atoms with Crippen LogP contribution in [0, 0.1) is 6.92 Å². The molecule has 0 amide bonds. The number of nitrogens with zero attached hydrogens (tertiary/aromatic N) is 7. The Morgan fingerprint density at radius 3 is 2.72 bits per heavy atom. The van der Waals surface area contributed by atoms with Gasteiger partial charge in [0.2, 0.25) is 0 Å². The summed E-state index contributed by atoms with van der Waals surface area (Å²) in [5.74, 6) is 1.63. The third-order valence-corrected chi connectivity index (χ3v) is 4.93. The molecule has 1 aliphatic heterocycles. The average Bonchev–Trinajstić information content (AvgIpc) is 3.21. The molecule has 130 valence electrons. The van der Waals surface area contributed by atoms with Crippen molar-refractivity contribution in [3.63, 3.8) is 0 Å². The SMILES string of the molecule is Cc1nn(C)c2nc(-c3ccccn3)nc(N3CCC(N(C)C)C3)c12. The van der Waals surface area contributed by atoms with Gasteiger partial charge in [-0.3, -0.25) is 9.67 Å². The number of anilines is 1. The monoisotopic (exact) mass is 337 g/mol. The van der Waals surface area contributed by atoms with Gasteiger partial charge in [-0.1, -0.05) is 6.07 Å². The predicted octanol–water partition coefficient (Wildman–Crippen LogP) is 1.87. The van der Waals surface area contributed by atoms with Crippen molar-refractivity contribution >= 4 is 16.9 Å². The van der Waals surface area contributed by atoms with Crippen molar-refractivity contribution in [3.8, 4) is 11.5 Å². The number of aromatic nitrogens is 5. The third kappa shape index (κ3) is 2.74. The summed E-state index contributed by atoms with van der Waals surface area (Å²) in [4.78, 5) is 18.7. The second kappa shape index (κ2) is 6.07. The fraction of sp³-hybridized carbons (Fsp3) is 0.444. The second-order valence-electron chi connectivity index (χ2n) is 6.85. The highest BCUT2D eigenvalue weighted by Gasteiger charge is 2.28. The molecule has 0 saturated carbocycles. The molecular formula is C18H23N7. The average molecular weight is 337 g/mol. The Hall–Kier alpha value is -2.54. The van der Waals surface area contributed by atoms with Gasteiger partial charge in [-0.15, -0.1) is 0 Å². The quantitative estimate of drug-likeness (QED) is 0.727. The van der Waals surface area contributed by atoms with E-state index in [1.807, 2.05) is 36.9 Å². The van der Waals surface area contributed by atoms with Gasteiger partial charge in [0, 0.05) is 32.4 Å². The van der Waals surface area contributed by atoms with Crippen LogP contribution < -0.4 is 4.90 Å². The summed E-state index contributed by atoms with van der Waals surface area (Å²) in [6.45, 7) is 3.98. The van der Waals surface area contributed by atoms with Crippen molar-refractivity contribution in [1.82, 2.24) is 29.6 Å². The molecule has 1 saturated heterocycles. The van der Waals surface area contributed by atoms with E-state index in [4.69, 9.17) is 9.97 Å². The second-order valence-corrected chi connectivity index (χ2v) is 6.85. The van der Waals surface area contributed by atoms with Gasteiger partial charge in [0.05, 0.1) is 11.1 Å². The van der Waals surface area contributed by atoms with Crippen molar-refractivity contribution in [2.45, 2.75) is 19.4 Å². The first kappa shape index (κ1) is 16.0. The summed E-state index contributed by atoms with van der Waals surface area (Å²) in [6.07, 6.45) is 2.91. The normalized spacial score (nSPS) is 17.8. The maximum absolute atomic E-state index is 4.90. The molecule has 4 rings (SSSR count). The van der Waals surface area contributed by atoms with E-state index in [-0.39, 0.29) is 0 Å². The van der Waals surface area contributed by atoms with Gasteiger partial charge >= 0.3 is 0 Å². The molecule has 0 spiro atoms. The standard InChI is InChI=1S/C18H23N7/c1-12-15-17(24(4)22-12)20-16(14-7-5-6-9-19-14)21-18(15)25-10-8-13(11-25)23(2)3/h5-7,9,13H,8,10-11H2,1-4H3. The Kier molecular flexibility index (Phi) is 3.88. The Labute approximate surface area is 147 Å². The highest BCUT2D eigenvalue weighted by atomic mass is 15.3. The highest BCUT2D eigenvalue weighted by molar-refractivity contribution is 5.91. The van der Waals surface area contributed by atoms with E-state index in [2.05, 4.69) is 34.0 Å². The molecule has 1 atom stereocenters.